The van der Waals surface area contributed by atoms with Crippen molar-refractivity contribution >= 4 is 54.4 Å². The average Bonchev–Trinajstić information content (AvgIpc) is 3.82. The smallest absolute Gasteiger partial charge is 0.164 e. The Hall–Kier alpha value is -7.37. The van der Waals surface area contributed by atoms with Crippen molar-refractivity contribution < 1.29 is 0 Å². The lowest BCUT2D eigenvalue weighted by Gasteiger charge is -2.42. The fourth-order valence-corrected chi connectivity index (χ4v) is 10.1. The largest absolute Gasteiger partial charge is 0.309 e. The number of rotatable bonds is 5. The Kier molecular flexibility index (Phi) is 7.98. The van der Waals surface area contributed by atoms with Crippen LogP contribution in [0.15, 0.2) is 176 Å². The molecule has 0 bridgehead atoms. The first-order valence-corrected chi connectivity index (χ1v) is 21.7. The van der Waals surface area contributed by atoms with Gasteiger partial charge in [-0.1, -0.05) is 131 Å². The second kappa shape index (κ2) is 13.6. The molecule has 0 aliphatic heterocycles. The molecular formula is C57H45N5. The van der Waals surface area contributed by atoms with Crippen LogP contribution in [-0.2, 0) is 10.8 Å². The molecule has 0 saturated heterocycles. The molecule has 0 N–H and O–H groups in total. The summed E-state index contributed by atoms with van der Waals surface area (Å²) in [5.41, 5.74) is 13.1. The minimum Gasteiger partial charge on any atom is -0.309 e. The van der Waals surface area contributed by atoms with E-state index >= 15 is 0 Å². The Balaban J connectivity index is 1.02. The van der Waals surface area contributed by atoms with Gasteiger partial charge in [0.05, 0.1) is 22.1 Å². The predicted octanol–water partition coefficient (Wildman–Crippen LogP) is 14.6. The topological polar surface area (TPSA) is 48.5 Å². The fourth-order valence-electron chi connectivity index (χ4n) is 10.1. The van der Waals surface area contributed by atoms with Gasteiger partial charge in [0, 0.05) is 49.6 Å². The minimum atomic E-state index is 0.105. The lowest BCUT2D eigenvalue weighted by atomic mass is 9.63. The van der Waals surface area contributed by atoms with E-state index in [-0.39, 0.29) is 10.8 Å². The van der Waals surface area contributed by atoms with Crippen molar-refractivity contribution in [2.24, 2.45) is 0 Å². The van der Waals surface area contributed by atoms with E-state index in [2.05, 4.69) is 195 Å². The highest BCUT2D eigenvalue weighted by Gasteiger charge is 2.38. The van der Waals surface area contributed by atoms with Gasteiger partial charge in [-0.05, 0) is 118 Å². The van der Waals surface area contributed by atoms with Gasteiger partial charge in [0.15, 0.2) is 17.5 Å². The highest BCUT2D eigenvalue weighted by molar-refractivity contribution is 6.11. The Labute approximate surface area is 361 Å². The Bertz CT molecular complexity index is 3570. The van der Waals surface area contributed by atoms with E-state index in [0.29, 0.717) is 17.5 Å². The van der Waals surface area contributed by atoms with Crippen LogP contribution in [0.4, 0.5) is 0 Å². The van der Waals surface area contributed by atoms with E-state index < -0.39 is 0 Å². The van der Waals surface area contributed by atoms with Crippen molar-refractivity contribution in [3.63, 3.8) is 0 Å². The third-order valence-electron chi connectivity index (χ3n) is 13.6. The van der Waals surface area contributed by atoms with E-state index in [1.54, 1.807) is 0 Å². The van der Waals surface area contributed by atoms with Crippen LogP contribution in [0.3, 0.4) is 0 Å². The summed E-state index contributed by atoms with van der Waals surface area (Å²) in [7, 11) is 0. The molecule has 0 saturated carbocycles. The van der Waals surface area contributed by atoms with Gasteiger partial charge in [-0.3, -0.25) is 0 Å². The zero-order valence-corrected chi connectivity index (χ0v) is 35.4. The first-order chi connectivity index (χ1) is 30.2. The lowest BCUT2D eigenvalue weighted by molar-refractivity contribution is 0.332. The van der Waals surface area contributed by atoms with Crippen molar-refractivity contribution in [3.8, 4) is 45.5 Å². The maximum absolute atomic E-state index is 5.24. The molecule has 62 heavy (non-hydrogen) atoms. The maximum atomic E-state index is 5.24. The average molecular weight is 800 g/mol. The number of fused-ring (bicyclic) bond motifs is 8. The second-order valence-corrected chi connectivity index (χ2v) is 18.4. The summed E-state index contributed by atoms with van der Waals surface area (Å²) in [6.07, 6.45) is 2.37. The molecule has 1 aliphatic rings. The van der Waals surface area contributed by atoms with Crippen LogP contribution in [0.25, 0.3) is 99.9 Å². The molecule has 11 aromatic rings. The second-order valence-electron chi connectivity index (χ2n) is 18.4. The summed E-state index contributed by atoms with van der Waals surface area (Å²) in [6.45, 7) is 9.65. The summed E-state index contributed by atoms with van der Waals surface area (Å²) in [5.74, 6) is 1.92. The first kappa shape index (κ1) is 36.5. The predicted molar refractivity (Wildman–Crippen MR) is 258 cm³/mol. The molecule has 3 heterocycles. The number of aromatic nitrogens is 5. The Morgan fingerprint density at radius 3 is 1.53 bits per heavy atom. The molecule has 0 spiro atoms. The zero-order valence-electron chi connectivity index (χ0n) is 35.4. The quantitative estimate of drug-likeness (QED) is 0.174. The molecule has 0 unspecified atom stereocenters. The van der Waals surface area contributed by atoms with E-state index in [4.69, 9.17) is 15.0 Å². The van der Waals surface area contributed by atoms with Gasteiger partial charge in [0.25, 0.3) is 0 Å². The number of hydrogen-bond acceptors (Lipinski definition) is 3. The van der Waals surface area contributed by atoms with Crippen molar-refractivity contribution in [1.29, 1.82) is 0 Å². The molecule has 0 atom stereocenters. The number of para-hydroxylation sites is 3. The van der Waals surface area contributed by atoms with Crippen LogP contribution >= 0.6 is 0 Å². The molecule has 0 fully saturated rings. The normalized spacial score (nSPS) is 14.6. The van der Waals surface area contributed by atoms with Gasteiger partial charge in [0.1, 0.15) is 0 Å². The van der Waals surface area contributed by atoms with Crippen molar-refractivity contribution in [3.05, 3.63) is 187 Å². The first-order valence-electron chi connectivity index (χ1n) is 21.7. The van der Waals surface area contributed by atoms with Gasteiger partial charge >= 0.3 is 0 Å². The van der Waals surface area contributed by atoms with Crippen molar-refractivity contribution in [2.45, 2.75) is 51.4 Å². The molecule has 298 valence electrons. The summed E-state index contributed by atoms with van der Waals surface area (Å²) >= 11 is 0. The summed E-state index contributed by atoms with van der Waals surface area (Å²) in [4.78, 5) is 15.5. The molecule has 1 aliphatic carbocycles. The van der Waals surface area contributed by atoms with Crippen LogP contribution < -0.4 is 0 Å². The molecule has 5 nitrogen and oxygen atoms in total. The molecule has 8 aromatic carbocycles. The van der Waals surface area contributed by atoms with Crippen LogP contribution in [0.5, 0.6) is 0 Å². The Morgan fingerprint density at radius 2 is 0.855 bits per heavy atom. The molecule has 3 aromatic heterocycles. The van der Waals surface area contributed by atoms with Gasteiger partial charge in [-0.15, -0.1) is 0 Å². The van der Waals surface area contributed by atoms with Gasteiger partial charge in [-0.2, -0.15) is 0 Å². The van der Waals surface area contributed by atoms with E-state index in [1.165, 1.54) is 51.2 Å². The third-order valence-corrected chi connectivity index (χ3v) is 13.6. The minimum absolute atomic E-state index is 0.105. The van der Waals surface area contributed by atoms with Crippen LogP contribution in [-0.4, -0.2) is 24.1 Å². The molecule has 0 amide bonds. The van der Waals surface area contributed by atoms with Crippen molar-refractivity contribution in [1.82, 2.24) is 24.1 Å². The zero-order chi connectivity index (χ0) is 41.7. The Morgan fingerprint density at radius 1 is 0.355 bits per heavy atom. The summed E-state index contributed by atoms with van der Waals surface area (Å²) < 4.78 is 4.80. The molecule has 0 radical (unpaired) electrons. The lowest BCUT2D eigenvalue weighted by Crippen LogP contribution is -2.33. The number of nitrogens with zero attached hydrogens (tertiary/aromatic N) is 5. The highest BCUT2D eigenvalue weighted by Crippen LogP contribution is 2.48. The SMILES string of the molecule is CC1(C)CCC(C)(C)c2cc3c(cc21)c1ccccc1n3-c1ccc2ccc(-c3nc(-c4ccccc4)nc(-c4ccc5c(c4)c4ccccc4n5-c4ccccc4)n3)cc2c1. The monoisotopic (exact) mass is 799 g/mol. The molecular weight excluding hydrogens is 755 g/mol. The van der Waals surface area contributed by atoms with Crippen LogP contribution in [0.1, 0.15) is 51.7 Å². The summed E-state index contributed by atoms with van der Waals surface area (Å²) in [5, 5.41) is 7.23. The van der Waals surface area contributed by atoms with E-state index in [0.717, 1.165) is 55.3 Å². The number of hydrogen-bond donors (Lipinski definition) is 0. The van der Waals surface area contributed by atoms with E-state index in [9.17, 15) is 0 Å². The fraction of sp³-hybridized carbons (Fsp3) is 0.140. The van der Waals surface area contributed by atoms with Gasteiger partial charge in [0.2, 0.25) is 0 Å². The van der Waals surface area contributed by atoms with Gasteiger partial charge < -0.3 is 9.13 Å². The maximum Gasteiger partial charge on any atom is 0.164 e. The summed E-state index contributed by atoms with van der Waals surface area (Å²) in [6, 6.07) is 63.3. The molecule has 5 heteroatoms. The van der Waals surface area contributed by atoms with Gasteiger partial charge in [-0.25, -0.2) is 15.0 Å². The third kappa shape index (κ3) is 5.72. The van der Waals surface area contributed by atoms with Crippen molar-refractivity contribution in [2.75, 3.05) is 0 Å². The van der Waals surface area contributed by atoms with Crippen LogP contribution in [0.2, 0.25) is 0 Å². The molecule has 12 rings (SSSR count). The van der Waals surface area contributed by atoms with Crippen LogP contribution in [0, 0.1) is 0 Å². The highest BCUT2D eigenvalue weighted by atomic mass is 15.0. The standard InChI is InChI=1S/C57H45N5/c1-56(2)29-30-57(3,4)48-35-52-46(34-47(48)56)44-20-12-14-22-50(44)62(52)42-27-25-36-23-24-38(31-40(36)32-42)54-58-53(37-15-7-5-8-16-37)59-55(60-54)39-26-28-51-45(33-39)43-19-11-13-21-49(43)61(51)41-17-9-6-10-18-41/h5-28,31-35H,29-30H2,1-4H3. The number of benzene rings is 8. The van der Waals surface area contributed by atoms with E-state index in [1.807, 2.05) is 18.2 Å².